The lowest BCUT2D eigenvalue weighted by Gasteiger charge is -2.11. The Kier molecular flexibility index (Phi) is 1.40. The third-order valence-corrected chi connectivity index (χ3v) is 1.32. The molecule has 0 spiro atoms. The molecule has 0 aromatic carbocycles. The standard InChI is InChI=1S/C7H9NO3/c1-11-5-4-8-6(9)2-3-7(8)10/h2-3H,4-5H2,1H3/i1T3. The average molecular weight is 161 g/mol. The van der Waals surface area contributed by atoms with Crippen molar-refractivity contribution in [2.75, 3.05) is 20.2 Å². The summed E-state index contributed by atoms with van der Waals surface area (Å²) in [6, 6.07) is 0. The molecule has 0 atom stereocenters. The minimum Gasteiger partial charge on any atom is -0.383 e. The van der Waals surface area contributed by atoms with Gasteiger partial charge in [0.15, 0.2) is 0 Å². The largest absolute Gasteiger partial charge is 0.383 e. The van der Waals surface area contributed by atoms with Gasteiger partial charge in [-0.05, 0) is 0 Å². The summed E-state index contributed by atoms with van der Waals surface area (Å²) in [5.41, 5.74) is 0. The molecule has 1 heterocycles. The Balaban J connectivity index is 2.33. The van der Waals surface area contributed by atoms with Gasteiger partial charge in [-0.1, -0.05) is 0 Å². The van der Waals surface area contributed by atoms with Gasteiger partial charge in [-0.2, -0.15) is 0 Å². The SMILES string of the molecule is [3H]C([3H])([3H])OCCN1C(=O)C=CC1=O. The number of methoxy groups -OCH3 is 1. The highest BCUT2D eigenvalue weighted by molar-refractivity contribution is 6.12. The number of ether oxygens (including phenoxy) is 1. The van der Waals surface area contributed by atoms with Crippen LogP contribution in [0.4, 0.5) is 0 Å². The van der Waals surface area contributed by atoms with E-state index in [1.807, 2.05) is 0 Å². The molecule has 2 amide bonds. The van der Waals surface area contributed by atoms with Crippen molar-refractivity contribution in [1.29, 1.82) is 0 Å². The molecule has 0 aromatic heterocycles. The van der Waals surface area contributed by atoms with Crippen LogP contribution in [0.3, 0.4) is 0 Å². The number of amides is 2. The van der Waals surface area contributed by atoms with Crippen molar-refractivity contribution in [2.24, 2.45) is 0 Å². The Bertz CT molecular complexity index is 266. The minimum atomic E-state index is -2.49. The van der Waals surface area contributed by atoms with E-state index >= 15 is 0 Å². The summed E-state index contributed by atoms with van der Waals surface area (Å²) in [5, 5.41) is 0. The van der Waals surface area contributed by atoms with Gasteiger partial charge in [-0.25, -0.2) is 0 Å². The van der Waals surface area contributed by atoms with E-state index in [0.717, 1.165) is 17.1 Å². The Labute approximate surface area is 68.6 Å². The number of carbonyl (C=O) groups excluding carboxylic acids is 2. The predicted molar refractivity (Wildman–Crippen MR) is 37.7 cm³/mol. The van der Waals surface area contributed by atoms with Crippen LogP contribution in [-0.2, 0) is 14.3 Å². The number of hydrogen-bond donors (Lipinski definition) is 0. The first-order chi connectivity index (χ1) is 6.40. The van der Waals surface area contributed by atoms with Crippen LogP contribution in [0.2, 0.25) is 0 Å². The molecular weight excluding hydrogens is 146 g/mol. The molecule has 0 bridgehead atoms. The summed E-state index contributed by atoms with van der Waals surface area (Å²) in [6.07, 6.45) is 2.27. The van der Waals surface area contributed by atoms with E-state index in [1.165, 1.54) is 0 Å². The molecule has 0 radical (unpaired) electrons. The lowest BCUT2D eigenvalue weighted by Crippen LogP contribution is -2.32. The Morgan fingerprint density at radius 1 is 1.55 bits per heavy atom. The van der Waals surface area contributed by atoms with Crippen LogP contribution in [-0.4, -0.2) is 36.9 Å². The van der Waals surface area contributed by atoms with Crippen LogP contribution in [0.15, 0.2) is 12.2 Å². The molecule has 4 heteroatoms. The van der Waals surface area contributed by atoms with Gasteiger partial charge in [0.25, 0.3) is 11.8 Å². The Morgan fingerprint density at radius 2 is 2.18 bits per heavy atom. The van der Waals surface area contributed by atoms with Crippen molar-refractivity contribution in [3.05, 3.63) is 12.2 Å². The zero-order valence-corrected chi connectivity index (χ0v) is 5.74. The van der Waals surface area contributed by atoms with E-state index in [1.54, 1.807) is 0 Å². The summed E-state index contributed by atoms with van der Waals surface area (Å²) in [4.78, 5) is 22.8. The number of imide groups is 1. The zero-order valence-electron chi connectivity index (χ0n) is 8.74. The average Bonchev–Trinajstić information content (AvgIpc) is 2.33. The zero-order chi connectivity index (χ0) is 10.8. The first-order valence-corrected chi connectivity index (χ1v) is 3.08. The van der Waals surface area contributed by atoms with Crippen LogP contribution in [0.5, 0.6) is 0 Å². The summed E-state index contributed by atoms with van der Waals surface area (Å²) in [7, 11) is -2.49. The van der Waals surface area contributed by atoms with Crippen molar-refractivity contribution in [1.82, 2.24) is 4.90 Å². The first kappa shape index (κ1) is 4.66. The molecule has 1 aliphatic heterocycles. The number of rotatable bonds is 3. The molecule has 11 heavy (non-hydrogen) atoms. The highest BCUT2D eigenvalue weighted by Gasteiger charge is 2.21. The Morgan fingerprint density at radius 3 is 2.73 bits per heavy atom. The number of nitrogens with zero attached hydrogens (tertiary/aromatic N) is 1. The maximum atomic E-state index is 11.0. The molecule has 0 saturated heterocycles. The van der Waals surface area contributed by atoms with Crippen molar-refractivity contribution in [3.63, 3.8) is 0 Å². The van der Waals surface area contributed by atoms with Gasteiger partial charge < -0.3 is 4.74 Å². The van der Waals surface area contributed by atoms with Crippen LogP contribution in [0.25, 0.3) is 0 Å². The predicted octanol–water partition coefficient (Wildman–Crippen LogP) is -0.442. The normalized spacial score (nSPS) is 21.8. The quantitative estimate of drug-likeness (QED) is 0.527. The molecule has 0 aromatic rings. The molecule has 0 unspecified atom stereocenters. The van der Waals surface area contributed by atoms with Crippen molar-refractivity contribution in [2.45, 2.75) is 0 Å². The number of carbonyl (C=O) groups is 2. The highest BCUT2D eigenvalue weighted by atomic mass is 16.5. The van der Waals surface area contributed by atoms with Crippen molar-refractivity contribution in [3.8, 4) is 0 Å². The summed E-state index contributed by atoms with van der Waals surface area (Å²) >= 11 is 0. The molecule has 1 aliphatic rings. The smallest absolute Gasteiger partial charge is 0.253 e. The molecular formula is C7H9NO3. The minimum absolute atomic E-state index is 0.0386. The van der Waals surface area contributed by atoms with Crippen LogP contribution >= 0.6 is 0 Å². The summed E-state index contributed by atoms with van der Waals surface area (Å²) in [5.74, 6) is -0.881. The van der Waals surface area contributed by atoms with Crippen molar-refractivity contribution < 1.29 is 18.4 Å². The Hall–Kier alpha value is -1.16. The van der Waals surface area contributed by atoms with Crippen LogP contribution in [0, 0.1) is 0 Å². The maximum absolute atomic E-state index is 11.0. The molecule has 1 rings (SSSR count). The van der Waals surface area contributed by atoms with E-state index in [4.69, 9.17) is 4.11 Å². The van der Waals surface area contributed by atoms with Gasteiger partial charge in [0.1, 0.15) is 0 Å². The van der Waals surface area contributed by atoms with E-state index in [-0.39, 0.29) is 13.2 Å². The van der Waals surface area contributed by atoms with Gasteiger partial charge in [0.05, 0.1) is 17.3 Å². The third kappa shape index (κ3) is 1.65. The van der Waals surface area contributed by atoms with Gasteiger partial charge in [-0.3, -0.25) is 14.5 Å². The summed E-state index contributed by atoms with van der Waals surface area (Å²) in [6.45, 7) is -0.223. The van der Waals surface area contributed by atoms with Crippen molar-refractivity contribution >= 4 is 11.8 Å². The second kappa shape index (κ2) is 3.30. The molecule has 60 valence electrons. The molecule has 4 nitrogen and oxygen atoms in total. The first-order valence-electron chi connectivity index (χ1n) is 4.58. The lowest BCUT2D eigenvalue weighted by atomic mass is 10.5. The fourth-order valence-electron chi connectivity index (χ4n) is 0.788. The van der Waals surface area contributed by atoms with Gasteiger partial charge >= 0.3 is 0 Å². The molecule has 0 fully saturated rings. The fraction of sp³-hybridized carbons (Fsp3) is 0.429. The van der Waals surface area contributed by atoms with E-state index in [9.17, 15) is 9.59 Å². The molecule has 0 N–H and O–H groups in total. The topological polar surface area (TPSA) is 46.6 Å². The van der Waals surface area contributed by atoms with Gasteiger partial charge in [-0.15, -0.1) is 0 Å². The highest BCUT2D eigenvalue weighted by Crippen LogP contribution is 2.01. The van der Waals surface area contributed by atoms with E-state index < -0.39 is 18.9 Å². The maximum Gasteiger partial charge on any atom is 0.253 e. The van der Waals surface area contributed by atoms with E-state index in [0.29, 0.717) is 0 Å². The number of hydrogen-bond acceptors (Lipinski definition) is 3. The second-order valence-electron chi connectivity index (χ2n) is 2.01. The summed E-state index contributed by atoms with van der Waals surface area (Å²) < 4.78 is 24.6. The monoisotopic (exact) mass is 161 g/mol. The van der Waals surface area contributed by atoms with Crippen LogP contribution in [0.1, 0.15) is 4.11 Å². The van der Waals surface area contributed by atoms with E-state index in [2.05, 4.69) is 4.74 Å². The second-order valence-corrected chi connectivity index (χ2v) is 2.01. The third-order valence-electron chi connectivity index (χ3n) is 1.32. The lowest BCUT2D eigenvalue weighted by molar-refractivity contribution is -0.137. The molecule has 0 saturated carbocycles. The fourth-order valence-corrected chi connectivity index (χ4v) is 0.788. The van der Waals surface area contributed by atoms with Gasteiger partial charge in [0, 0.05) is 19.2 Å². The van der Waals surface area contributed by atoms with Gasteiger partial charge in [0.2, 0.25) is 0 Å². The van der Waals surface area contributed by atoms with Crippen LogP contribution < -0.4 is 0 Å². The molecule has 0 aliphatic carbocycles.